The fourth-order valence-corrected chi connectivity index (χ4v) is 1.47. The first-order valence-electron chi connectivity index (χ1n) is 4.52. The first-order valence-corrected chi connectivity index (χ1v) is 5.63. The van der Waals surface area contributed by atoms with E-state index in [1.807, 2.05) is 13.8 Å². The molecular formula is C10H13NO3S. The molecule has 1 aromatic carbocycles. The molecule has 0 radical (unpaired) electrons. The van der Waals surface area contributed by atoms with Gasteiger partial charge in [-0.2, -0.15) is 0 Å². The Morgan fingerprint density at radius 1 is 1.33 bits per heavy atom. The summed E-state index contributed by atoms with van der Waals surface area (Å²) in [6.45, 7) is 3.66. The molecule has 0 aliphatic heterocycles. The molecule has 0 saturated carbocycles. The van der Waals surface area contributed by atoms with E-state index >= 15 is 0 Å². The Morgan fingerprint density at radius 2 is 1.87 bits per heavy atom. The van der Waals surface area contributed by atoms with Gasteiger partial charge in [0.15, 0.2) is 5.78 Å². The van der Waals surface area contributed by atoms with Crippen molar-refractivity contribution >= 4 is 22.7 Å². The number of anilines is 1. The number of benzene rings is 1. The molecule has 1 rings (SSSR count). The minimum absolute atomic E-state index is 0.0456. The zero-order chi connectivity index (χ0) is 11.4. The Morgan fingerprint density at radius 3 is 2.27 bits per heavy atom. The number of ketones is 1. The maximum absolute atomic E-state index is 11.5. The van der Waals surface area contributed by atoms with Gasteiger partial charge in [-0.25, -0.2) is 4.21 Å². The van der Waals surface area contributed by atoms with Gasteiger partial charge in [-0.15, -0.1) is 0 Å². The summed E-state index contributed by atoms with van der Waals surface area (Å²) in [7, 11) is 0. The summed E-state index contributed by atoms with van der Waals surface area (Å²) in [5, 5.41) is 0. The van der Waals surface area contributed by atoms with Gasteiger partial charge in [-0.1, -0.05) is 13.8 Å². The van der Waals surface area contributed by atoms with Gasteiger partial charge in [-0.05, 0) is 24.3 Å². The lowest BCUT2D eigenvalue weighted by atomic mass is 10.0. The predicted molar refractivity (Wildman–Crippen MR) is 60.0 cm³/mol. The second-order valence-electron chi connectivity index (χ2n) is 3.45. The van der Waals surface area contributed by atoms with Gasteiger partial charge >= 0.3 is 0 Å². The third-order valence-electron chi connectivity index (χ3n) is 1.90. The van der Waals surface area contributed by atoms with Crippen LogP contribution in [0.25, 0.3) is 0 Å². The average Bonchev–Trinajstić information content (AvgIpc) is 2.17. The maximum atomic E-state index is 11.5. The molecule has 82 valence electrons. The van der Waals surface area contributed by atoms with Crippen LogP contribution in [0.1, 0.15) is 24.2 Å². The molecule has 1 aromatic rings. The summed E-state index contributed by atoms with van der Waals surface area (Å²) in [5.41, 5.74) is 1.12. The highest BCUT2D eigenvalue weighted by molar-refractivity contribution is 7.80. The van der Waals surface area contributed by atoms with Gasteiger partial charge in [0.25, 0.3) is 11.3 Å². The van der Waals surface area contributed by atoms with E-state index in [0.717, 1.165) is 0 Å². The van der Waals surface area contributed by atoms with Crippen molar-refractivity contribution in [3.05, 3.63) is 29.8 Å². The highest BCUT2D eigenvalue weighted by atomic mass is 32.2. The lowest BCUT2D eigenvalue weighted by molar-refractivity contribution is 0.0939. The number of Topliss-reactive ketones (excluding diaryl/α,β-unsaturated/α-hetero) is 1. The third kappa shape index (κ3) is 3.45. The number of nitrogens with one attached hydrogen (secondary N) is 1. The van der Waals surface area contributed by atoms with Gasteiger partial charge in [0.2, 0.25) is 0 Å². The van der Waals surface area contributed by atoms with Crippen LogP contribution in [0.4, 0.5) is 5.69 Å². The minimum atomic E-state index is -2.08. The molecule has 0 aliphatic carbocycles. The molecular weight excluding hydrogens is 214 g/mol. The van der Waals surface area contributed by atoms with Crippen LogP contribution in [-0.4, -0.2) is 14.5 Å². The summed E-state index contributed by atoms with van der Waals surface area (Å²) < 4.78 is 21.3. The summed E-state index contributed by atoms with van der Waals surface area (Å²) in [4.78, 5) is 11.5. The van der Waals surface area contributed by atoms with Crippen LogP contribution in [0, 0.1) is 5.92 Å². The number of hydrogen-bond donors (Lipinski definition) is 2. The largest absolute Gasteiger partial charge is 0.294 e. The van der Waals surface area contributed by atoms with Gasteiger partial charge in [0.05, 0.1) is 0 Å². The Labute approximate surface area is 91.1 Å². The molecule has 0 aromatic heterocycles. The van der Waals surface area contributed by atoms with Crippen molar-refractivity contribution in [3.63, 3.8) is 0 Å². The summed E-state index contributed by atoms with van der Waals surface area (Å²) in [5.74, 6) is 0.0162. The van der Waals surface area contributed by atoms with Crippen LogP contribution in [0.15, 0.2) is 24.3 Å². The Hall–Kier alpha value is -1.20. The molecule has 2 N–H and O–H groups in total. The van der Waals surface area contributed by atoms with E-state index in [0.29, 0.717) is 11.3 Å². The predicted octanol–water partition coefficient (Wildman–Crippen LogP) is 2.07. The first kappa shape index (κ1) is 11.9. The molecule has 0 spiro atoms. The first-order chi connectivity index (χ1) is 7.00. The average molecular weight is 227 g/mol. The molecule has 0 aliphatic rings. The highest BCUT2D eigenvalue weighted by Gasteiger charge is 2.09. The molecule has 4 nitrogen and oxygen atoms in total. The van der Waals surface area contributed by atoms with E-state index < -0.39 is 11.3 Å². The van der Waals surface area contributed by atoms with Crippen molar-refractivity contribution in [2.75, 3.05) is 4.72 Å². The van der Waals surface area contributed by atoms with Crippen molar-refractivity contribution in [2.24, 2.45) is 5.92 Å². The fourth-order valence-electron chi connectivity index (χ4n) is 1.14. The topological polar surface area (TPSA) is 66.4 Å². The monoisotopic (exact) mass is 227 g/mol. The quantitative estimate of drug-likeness (QED) is 0.611. The number of hydrogen-bond acceptors (Lipinski definition) is 2. The fraction of sp³-hybridized carbons (Fsp3) is 0.300. The second kappa shape index (κ2) is 5.04. The lowest BCUT2D eigenvalue weighted by Crippen LogP contribution is -2.07. The van der Waals surface area contributed by atoms with Crippen LogP contribution in [0.5, 0.6) is 0 Å². The normalized spacial score (nSPS) is 12.5. The van der Waals surface area contributed by atoms with Gasteiger partial charge in [-0.3, -0.25) is 14.1 Å². The molecule has 0 fully saturated rings. The third-order valence-corrected chi connectivity index (χ3v) is 2.31. The Kier molecular flexibility index (Phi) is 3.99. The van der Waals surface area contributed by atoms with Gasteiger partial charge in [0, 0.05) is 17.2 Å². The molecule has 1 unspecified atom stereocenters. The van der Waals surface area contributed by atoms with Crippen molar-refractivity contribution in [2.45, 2.75) is 13.8 Å². The smallest absolute Gasteiger partial charge is 0.259 e. The number of carbonyl (C=O) groups is 1. The van der Waals surface area contributed by atoms with Crippen molar-refractivity contribution in [1.29, 1.82) is 0 Å². The molecule has 0 bridgehead atoms. The molecule has 1 atom stereocenters. The summed E-state index contributed by atoms with van der Waals surface area (Å²) >= 11 is -2.08. The zero-order valence-corrected chi connectivity index (χ0v) is 9.38. The van der Waals surface area contributed by atoms with Crippen LogP contribution in [-0.2, 0) is 11.3 Å². The number of rotatable bonds is 4. The van der Waals surface area contributed by atoms with Crippen LogP contribution in [0.2, 0.25) is 0 Å². The highest BCUT2D eigenvalue weighted by Crippen LogP contribution is 2.13. The van der Waals surface area contributed by atoms with Crippen LogP contribution >= 0.6 is 0 Å². The molecule has 0 amide bonds. The van der Waals surface area contributed by atoms with E-state index in [1.165, 1.54) is 0 Å². The molecule has 0 heterocycles. The SMILES string of the molecule is CC(C)C(=O)c1ccc(NS(=O)O)cc1. The van der Waals surface area contributed by atoms with Gasteiger partial charge in [0.1, 0.15) is 0 Å². The van der Waals surface area contributed by atoms with E-state index in [1.54, 1.807) is 24.3 Å². The lowest BCUT2D eigenvalue weighted by Gasteiger charge is -2.05. The van der Waals surface area contributed by atoms with Crippen molar-refractivity contribution < 1.29 is 13.6 Å². The molecule has 0 saturated heterocycles. The van der Waals surface area contributed by atoms with Crippen LogP contribution in [0.3, 0.4) is 0 Å². The molecule has 5 heteroatoms. The van der Waals surface area contributed by atoms with E-state index in [2.05, 4.69) is 4.72 Å². The van der Waals surface area contributed by atoms with Crippen molar-refractivity contribution in [3.8, 4) is 0 Å². The van der Waals surface area contributed by atoms with Crippen molar-refractivity contribution in [1.82, 2.24) is 0 Å². The summed E-state index contributed by atoms with van der Waals surface area (Å²) in [6.07, 6.45) is 0. The van der Waals surface area contributed by atoms with Crippen LogP contribution < -0.4 is 4.72 Å². The maximum Gasteiger partial charge on any atom is 0.259 e. The second-order valence-corrected chi connectivity index (χ2v) is 4.15. The summed E-state index contributed by atoms with van der Waals surface area (Å²) in [6, 6.07) is 6.47. The zero-order valence-electron chi connectivity index (χ0n) is 8.56. The van der Waals surface area contributed by atoms with E-state index in [9.17, 15) is 9.00 Å². The minimum Gasteiger partial charge on any atom is -0.294 e. The number of carbonyl (C=O) groups excluding carboxylic acids is 1. The molecule has 15 heavy (non-hydrogen) atoms. The Bertz CT molecular complexity index is 373. The Balaban J connectivity index is 2.81. The standard InChI is InChI=1S/C10H13NO3S/c1-7(2)10(12)8-3-5-9(6-4-8)11-15(13)14/h3-7,11H,1-2H3,(H,13,14). The van der Waals surface area contributed by atoms with Gasteiger partial charge < -0.3 is 0 Å². The van der Waals surface area contributed by atoms with E-state index in [-0.39, 0.29) is 11.7 Å². The van der Waals surface area contributed by atoms with E-state index in [4.69, 9.17) is 4.55 Å².